The number of Topliss-reactive ketones (excluding diaryl/α,β-unsaturated/α-hetero) is 1. The number of ether oxygens (including phenoxy) is 1. The SMILES string of the molecule is CCCCN(C(=O)CC(C)=O)[C@@H](CC(C)C)C(=O)OC. The molecule has 1 atom stereocenters. The zero-order valence-electron chi connectivity index (χ0n) is 13.3. The molecular formula is C15H27NO4. The molecule has 0 aromatic carbocycles. The van der Waals surface area contributed by atoms with Crippen LogP contribution in [-0.2, 0) is 19.1 Å². The van der Waals surface area contributed by atoms with E-state index in [1.807, 2.05) is 20.8 Å². The highest BCUT2D eigenvalue weighted by Gasteiger charge is 2.31. The average molecular weight is 285 g/mol. The van der Waals surface area contributed by atoms with Gasteiger partial charge < -0.3 is 9.64 Å². The summed E-state index contributed by atoms with van der Waals surface area (Å²) in [6, 6.07) is -0.599. The topological polar surface area (TPSA) is 63.7 Å². The molecule has 0 heterocycles. The van der Waals surface area contributed by atoms with Crippen LogP contribution in [-0.4, -0.2) is 42.3 Å². The standard InChI is InChI=1S/C15H27NO4/c1-6-7-8-16(14(18)10-12(4)17)13(9-11(2)3)15(19)20-5/h11,13H,6-10H2,1-5H3/t13-/m0/s1. The highest BCUT2D eigenvalue weighted by atomic mass is 16.5. The second kappa shape index (κ2) is 9.50. The molecule has 0 radical (unpaired) electrons. The maximum absolute atomic E-state index is 12.2. The van der Waals surface area contributed by atoms with E-state index in [4.69, 9.17) is 4.74 Å². The number of esters is 1. The summed E-state index contributed by atoms with van der Waals surface area (Å²) in [5.74, 6) is -0.633. The number of amides is 1. The van der Waals surface area contributed by atoms with Gasteiger partial charge in [-0.1, -0.05) is 27.2 Å². The second-order valence-corrected chi connectivity index (χ2v) is 5.49. The molecular weight excluding hydrogens is 258 g/mol. The van der Waals surface area contributed by atoms with E-state index >= 15 is 0 Å². The molecule has 5 heteroatoms. The van der Waals surface area contributed by atoms with Crippen molar-refractivity contribution in [3.63, 3.8) is 0 Å². The number of ketones is 1. The van der Waals surface area contributed by atoms with E-state index in [9.17, 15) is 14.4 Å². The summed E-state index contributed by atoms with van der Waals surface area (Å²) in [4.78, 5) is 36.8. The molecule has 116 valence electrons. The Morgan fingerprint density at radius 2 is 1.80 bits per heavy atom. The smallest absolute Gasteiger partial charge is 0.328 e. The van der Waals surface area contributed by atoms with Crippen molar-refractivity contribution in [1.29, 1.82) is 0 Å². The van der Waals surface area contributed by atoms with Gasteiger partial charge in [0.1, 0.15) is 11.8 Å². The molecule has 0 aliphatic rings. The number of methoxy groups -OCH3 is 1. The molecule has 0 saturated heterocycles. The summed E-state index contributed by atoms with van der Waals surface area (Å²) in [5, 5.41) is 0. The predicted molar refractivity (Wildman–Crippen MR) is 77.2 cm³/mol. The molecule has 20 heavy (non-hydrogen) atoms. The summed E-state index contributed by atoms with van der Waals surface area (Å²) < 4.78 is 4.81. The monoisotopic (exact) mass is 285 g/mol. The van der Waals surface area contributed by atoms with Crippen molar-refractivity contribution < 1.29 is 19.1 Å². The third-order valence-electron chi connectivity index (χ3n) is 3.02. The number of hydrogen-bond acceptors (Lipinski definition) is 4. The Morgan fingerprint density at radius 3 is 2.20 bits per heavy atom. The maximum atomic E-state index is 12.2. The minimum atomic E-state index is -0.599. The van der Waals surface area contributed by atoms with Crippen LogP contribution in [0.5, 0.6) is 0 Å². The van der Waals surface area contributed by atoms with Gasteiger partial charge in [0.15, 0.2) is 0 Å². The maximum Gasteiger partial charge on any atom is 0.328 e. The molecule has 1 amide bonds. The van der Waals surface area contributed by atoms with Gasteiger partial charge in [0, 0.05) is 6.54 Å². The van der Waals surface area contributed by atoms with Crippen LogP contribution in [0.4, 0.5) is 0 Å². The first-order valence-corrected chi connectivity index (χ1v) is 7.20. The summed E-state index contributed by atoms with van der Waals surface area (Å²) >= 11 is 0. The lowest BCUT2D eigenvalue weighted by molar-refractivity contribution is -0.154. The van der Waals surface area contributed by atoms with Crippen LogP contribution in [0.1, 0.15) is 53.4 Å². The van der Waals surface area contributed by atoms with Gasteiger partial charge in [-0.3, -0.25) is 9.59 Å². The van der Waals surface area contributed by atoms with Gasteiger partial charge in [-0.15, -0.1) is 0 Å². The molecule has 0 aromatic rings. The lowest BCUT2D eigenvalue weighted by Crippen LogP contribution is -2.47. The Hall–Kier alpha value is -1.39. The van der Waals surface area contributed by atoms with Gasteiger partial charge in [0.25, 0.3) is 0 Å². The molecule has 0 saturated carbocycles. The van der Waals surface area contributed by atoms with Crippen LogP contribution in [0.15, 0.2) is 0 Å². The zero-order valence-corrected chi connectivity index (χ0v) is 13.3. The largest absolute Gasteiger partial charge is 0.467 e. The fraction of sp³-hybridized carbons (Fsp3) is 0.800. The number of carbonyl (C=O) groups excluding carboxylic acids is 3. The molecule has 0 unspecified atom stereocenters. The highest BCUT2D eigenvalue weighted by Crippen LogP contribution is 2.16. The first-order valence-electron chi connectivity index (χ1n) is 7.20. The number of carbonyl (C=O) groups is 3. The van der Waals surface area contributed by atoms with Crippen LogP contribution in [0.2, 0.25) is 0 Å². The van der Waals surface area contributed by atoms with Crippen LogP contribution >= 0.6 is 0 Å². The Labute approximate surface area is 121 Å². The summed E-state index contributed by atoms with van der Waals surface area (Å²) in [6.07, 6.45) is 2.10. The van der Waals surface area contributed by atoms with Gasteiger partial charge in [0.05, 0.1) is 13.5 Å². The molecule has 0 aliphatic carbocycles. The minimum Gasteiger partial charge on any atom is -0.467 e. The molecule has 0 aliphatic heterocycles. The van der Waals surface area contributed by atoms with Crippen LogP contribution in [0, 0.1) is 5.92 Å². The van der Waals surface area contributed by atoms with E-state index in [2.05, 4.69) is 0 Å². The normalized spacial score (nSPS) is 12.1. The molecule has 0 spiro atoms. The molecule has 0 rings (SSSR count). The summed E-state index contributed by atoms with van der Waals surface area (Å²) in [7, 11) is 1.32. The van der Waals surface area contributed by atoms with Crippen molar-refractivity contribution >= 4 is 17.7 Å². The number of rotatable bonds is 9. The van der Waals surface area contributed by atoms with Crippen LogP contribution in [0.3, 0.4) is 0 Å². The average Bonchev–Trinajstić information content (AvgIpc) is 2.35. The van der Waals surface area contributed by atoms with Crippen LogP contribution in [0.25, 0.3) is 0 Å². The van der Waals surface area contributed by atoms with E-state index in [1.165, 1.54) is 18.9 Å². The number of nitrogens with zero attached hydrogens (tertiary/aromatic N) is 1. The Morgan fingerprint density at radius 1 is 1.20 bits per heavy atom. The Balaban J connectivity index is 5.12. The van der Waals surface area contributed by atoms with E-state index in [0.717, 1.165) is 12.8 Å². The quantitative estimate of drug-likeness (QED) is 0.481. The highest BCUT2D eigenvalue weighted by molar-refractivity contribution is 5.98. The molecule has 0 fully saturated rings. The fourth-order valence-electron chi connectivity index (χ4n) is 2.03. The fourth-order valence-corrected chi connectivity index (χ4v) is 2.03. The molecule has 0 aromatic heterocycles. The van der Waals surface area contributed by atoms with Crippen molar-refractivity contribution in [3.05, 3.63) is 0 Å². The molecule has 0 bridgehead atoms. The van der Waals surface area contributed by atoms with E-state index in [0.29, 0.717) is 13.0 Å². The van der Waals surface area contributed by atoms with E-state index in [-0.39, 0.29) is 24.0 Å². The van der Waals surface area contributed by atoms with Crippen LogP contribution < -0.4 is 0 Å². The zero-order chi connectivity index (χ0) is 15.7. The van der Waals surface area contributed by atoms with Crippen molar-refractivity contribution in [2.45, 2.75) is 59.4 Å². The Bertz CT molecular complexity index is 339. The van der Waals surface area contributed by atoms with Gasteiger partial charge in [-0.2, -0.15) is 0 Å². The minimum absolute atomic E-state index is 0.157. The van der Waals surface area contributed by atoms with Gasteiger partial charge >= 0.3 is 5.97 Å². The Kier molecular flexibility index (Phi) is 8.84. The van der Waals surface area contributed by atoms with E-state index < -0.39 is 12.0 Å². The lowest BCUT2D eigenvalue weighted by Gasteiger charge is -2.31. The summed E-state index contributed by atoms with van der Waals surface area (Å²) in [6.45, 7) is 7.86. The van der Waals surface area contributed by atoms with Crippen molar-refractivity contribution in [1.82, 2.24) is 4.90 Å². The van der Waals surface area contributed by atoms with Crippen molar-refractivity contribution in [2.75, 3.05) is 13.7 Å². The summed E-state index contributed by atoms with van der Waals surface area (Å²) in [5.41, 5.74) is 0. The van der Waals surface area contributed by atoms with Gasteiger partial charge in [-0.05, 0) is 25.7 Å². The predicted octanol–water partition coefficient (Wildman–Crippen LogP) is 2.18. The van der Waals surface area contributed by atoms with Crippen molar-refractivity contribution in [3.8, 4) is 0 Å². The van der Waals surface area contributed by atoms with Crippen molar-refractivity contribution in [2.24, 2.45) is 5.92 Å². The molecule has 5 nitrogen and oxygen atoms in total. The third-order valence-corrected chi connectivity index (χ3v) is 3.02. The number of unbranched alkanes of at least 4 members (excludes halogenated alkanes) is 1. The first kappa shape index (κ1) is 18.6. The third kappa shape index (κ3) is 6.68. The first-order chi connectivity index (χ1) is 9.33. The van der Waals surface area contributed by atoms with E-state index in [1.54, 1.807) is 0 Å². The lowest BCUT2D eigenvalue weighted by atomic mass is 10.0. The van der Waals surface area contributed by atoms with Gasteiger partial charge in [0.2, 0.25) is 5.91 Å². The molecule has 0 N–H and O–H groups in total. The van der Waals surface area contributed by atoms with Gasteiger partial charge in [-0.25, -0.2) is 4.79 Å². The second-order valence-electron chi connectivity index (χ2n) is 5.49. The number of hydrogen-bond donors (Lipinski definition) is 0.